The molecule has 0 aliphatic heterocycles. The van der Waals surface area contributed by atoms with Gasteiger partial charge in [-0.1, -0.05) is 141 Å². The van der Waals surface area contributed by atoms with E-state index in [4.69, 9.17) is 4.98 Å². The summed E-state index contributed by atoms with van der Waals surface area (Å²) >= 11 is 0. The van der Waals surface area contributed by atoms with Gasteiger partial charge in [0.05, 0.1) is 10.9 Å². The van der Waals surface area contributed by atoms with Crippen molar-refractivity contribution < 1.29 is 0 Å². The summed E-state index contributed by atoms with van der Waals surface area (Å²) in [6, 6.07) is 54.0. The Bertz CT molecular complexity index is 2220. The Morgan fingerprint density at radius 2 is 0.977 bits per heavy atom. The molecule has 0 radical (unpaired) electrons. The first-order valence-corrected chi connectivity index (χ1v) is 15.5. The summed E-state index contributed by atoms with van der Waals surface area (Å²) in [6.45, 7) is 4.77. The third-order valence-corrected chi connectivity index (χ3v) is 10.2. The molecular weight excluding hydrogens is 530 g/mol. The van der Waals surface area contributed by atoms with Gasteiger partial charge < -0.3 is 0 Å². The highest BCUT2D eigenvalue weighted by molar-refractivity contribution is 5.94. The number of rotatable bonds is 2. The van der Waals surface area contributed by atoms with Crippen LogP contribution in [0.4, 0.5) is 0 Å². The van der Waals surface area contributed by atoms with Crippen molar-refractivity contribution in [3.05, 3.63) is 185 Å². The van der Waals surface area contributed by atoms with E-state index in [0.717, 1.165) is 16.5 Å². The molecule has 0 atom stereocenters. The van der Waals surface area contributed by atoms with Crippen LogP contribution in [-0.4, -0.2) is 4.98 Å². The van der Waals surface area contributed by atoms with Gasteiger partial charge in [0.25, 0.3) is 0 Å². The second kappa shape index (κ2) is 9.11. The summed E-state index contributed by atoms with van der Waals surface area (Å²) in [5.74, 6) is 0. The minimum Gasteiger partial charge on any atom is -0.256 e. The average molecular weight is 562 g/mol. The molecule has 44 heavy (non-hydrogen) atoms. The zero-order valence-corrected chi connectivity index (χ0v) is 24.9. The molecule has 2 aliphatic rings. The van der Waals surface area contributed by atoms with Gasteiger partial charge in [-0.2, -0.15) is 0 Å². The first-order valence-electron chi connectivity index (χ1n) is 15.5. The highest BCUT2D eigenvalue weighted by Crippen LogP contribution is 2.62. The normalized spacial score (nSPS) is 15.0. The molecule has 0 fully saturated rings. The summed E-state index contributed by atoms with van der Waals surface area (Å²) in [7, 11) is 0. The smallest absolute Gasteiger partial charge is 0.0780 e. The van der Waals surface area contributed by atoms with Crippen molar-refractivity contribution in [3.63, 3.8) is 0 Å². The van der Waals surface area contributed by atoms with Crippen LogP contribution in [0.25, 0.3) is 44.3 Å². The maximum atomic E-state index is 4.75. The van der Waals surface area contributed by atoms with Gasteiger partial charge in [0.15, 0.2) is 0 Å². The fourth-order valence-electron chi connectivity index (χ4n) is 8.24. The number of aromatic nitrogens is 1. The molecule has 1 aromatic heterocycles. The fourth-order valence-corrected chi connectivity index (χ4v) is 8.24. The molecule has 0 saturated carbocycles. The van der Waals surface area contributed by atoms with E-state index < -0.39 is 0 Å². The summed E-state index contributed by atoms with van der Waals surface area (Å²) in [5.41, 5.74) is 16.3. The monoisotopic (exact) mass is 561 g/mol. The molecule has 0 amide bonds. The van der Waals surface area contributed by atoms with Crippen LogP contribution in [0, 0.1) is 0 Å². The third-order valence-electron chi connectivity index (χ3n) is 10.2. The van der Waals surface area contributed by atoms with Crippen molar-refractivity contribution in [2.45, 2.75) is 24.7 Å². The SMILES string of the molecule is CC1(C)c2ccccc2C2(c3ccccc3-c3ccccc32)c2cc(-c3cccc(-c4cccc5cccnc45)c3)ccc21. The van der Waals surface area contributed by atoms with E-state index in [9.17, 15) is 0 Å². The molecule has 7 aromatic rings. The van der Waals surface area contributed by atoms with Gasteiger partial charge in [0.2, 0.25) is 0 Å². The van der Waals surface area contributed by atoms with Gasteiger partial charge in [-0.3, -0.25) is 4.98 Å². The van der Waals surface area contributed by atoms with Crippen molar-refractivity contribution in [1.29, 1.82) is 0 Å². The standard InChI is InChI=1S/C43H31N/c1-42(2)37-21-7-8-22-39(37)43(35-19-5-3-16-33(35)34-17-4-6-20-36(34)43)40-27-30(23-24-38(40)42)29-13-9-14-31(26-29)32-18-10-12-28-15-11-25-44-41(28)32/h3-27H,1-2H3. The van der Waals surface area contributed by atoms with Crippen LogP contribution in [0.3, 0.4) is 0 Å². The van der Waals surface area contributed by atoms with Crippen LogP contribution in [0.15, 0.2) is 152 Å². The Morgan fingerprint density at radius 3 is 1.75 bits per heavy atom. The van der Waals surface area contributed by atoms with Crippen molar-refractivity contribution in [3.8, 4) is 33.4 Å². The highest BCUT2D eigenvalue weighted by Gasteiger charge is 2.53. The predicted molar refractivity (Wildman–Crippen MR) is 182 cm³/mol. The molecule has 1 heterocycles. The molecule has 1 heteroatoms. The Balaban J connectivity index is 1.33. The summed E-state index contributed by atoms with van der Waals surface area (Å²) in [4.78, 5) is 4.75. The Kier molecular flexibility index (Phi) is 5.23. The fraction of sp³-hybridized carbons (Fsp3) is 0.0930. The van der Waals surface area contributed by atoms with E-state index in [1.807, 2.05) is 12.3 Å². The lowest BCUT2D eigenvalue weighted by Crippen LogP contribution is -2.40. The molecule has 0 N–H and O–H groups in total. The van der Waals surface area contributed by atoms with Crippen LogP contribution >= 0.6 is 0 Å². The molecular formula is C43H31N. The maximum absolute atomic E-state index is 4.75. The largest absolute Gasteiger partial charge is 0.256 e. The molecule has 6 aromatic carbocycles. The highest BCUT2D eigenvalue weighted by atomic mass is 14.6. The second-order valence-corrected chi connectivity index (χ2v) is 12.7. The molecule has 2 aliphatic carbocycles. The number of hydrogen-bond donors (Lipinski definition) is 0. The zero-order chi connectivity index (χ0) is 29.5. The van der Waals surface area contributed by atoms with Gasteiger partial charge in [-0.05, 0) is 79.4 Å². The Morgan fingerprint density at radius 1 is 0.409 bits per heavy atom. The van der Waals surface area contributed by atoms with Crippen LogP contribution < -0.4 is 0 Å². The predicted octanol–water partition coefficient (Wildman–Crippen LogP) is 10.6. The first-order chi connectivity index (χ1) is 21.6. The summed E-state index contributed by atoms with van der Waals surface area (Å²) in [6.07, 6.45) is 1.88. The van der Waals surface area contributed by atoms with Crippen molar-refractivity contribution in [2.75, 3.05) is 0 Å². The van der Waals surface area contributed by atoms with Crippen molar-refractivity contribution >= 4 is 10.9 Å². The second-order valence-electron chi connectivity index (χ2n) is 12.7. The van der Waals surface area contributed by atoms with Gasteiger partial charge in [-0.25, -0.2) is 0 Å². The lowest BCUT2D eigenvalue weighted by atomic mass is 9.55. The third kappa shape index (κ3) is 3.27. The molecule has 0 unspecified atom stereocenters. The quantitative estimate of drug-likeness (QED) is 0.205. The molecule has 1 spiro atoms. The number of nitrogens with zero attached hydrogens (tertiary/aromatic N) is 1. The van der Waals surface area contributed by atoms with E-state index in [1.165, 1.54) is 61.2 Å². The molecule has 9 rings (SSSR count). The summed E-state index contributed by atoms with van der Waals surface area (Å²) < 4.78 is 0. The van der Waals surface area contributed by atoms with Crippen LogP contribution in [0.5, 0.6) is 0 Å². The van der Waals surface area contributed by atoms with Crippen molar-refractivity contribution in [2.24, 2.45) is 0 Å². The summed E-state index contributed by atoms with van der Waals surface area (Å²) in [5, 5.41) is 1.16. The minimum absolute atomic E-state index is 0.140. The average Bonchev–Trinajstić information content (AvgIpc) is 3.38. The van der Waals surface area contributed by atoms with Gasteiger partial charge in [0, 0.05) is 22.6 Å². The minimum atomic E-state index is -0.387. The molecule has 0 saturated heterocycles. The Labute approximate surface area is 258 Å². The number of para-hydroxylation sites is 1. The van der Waals surface area contributed by atoms with Crippen LogP contribution in [0.2, 0.25) is 0 Å². The maximum Gasteiger partial charge on any atom is 0.0780 e. The molecule has 0 bridgehead atoms. The zero-order valence-electron chi connectivity index (χ0n) is 24.9. The van der Waals surface area contributed by atoms with E-state index in [0.29, 0.717) is 0 Å². The lowest BCUT2D eigenvalue weighted by Gasteiger charge is -2.46. The van der Waals surface area contributed by atoms with E-state index in [-0.39, 0.29) is 10.8 Å². The number of pyridine rings is 1. The molecule has 208 valence electrons. The topological polar surface area (TPSA) is 12.9 Å². The van der Waals surface area contributed by atoms with Gasteiger partial charge >= 0.3 is 0 Å². The lowest BCUT2D eigenvalue weighted by molar-refractivity contribution is 0.563. The van der Waals surface area contributed by atoms with E-state index in [1.54, 1.807) is 0 Å². The van der Waals surface area contributed by atoms with E-state index >= 15 is 0 Å². The number of benzene rings is 6. The van der Waals surface area contributed by atoms with Crippen LogP contribution in [-0.2, 0) is 10.8 Å². The van der Waals surface area contributed by atoms with E-state index in [2.05, 4.69) is 153 Å². The number of hydrogen-bond acceptors (Lipinski definition) is 1. The first kappa shape index (κ1) is 25.2. The van der Waals surface area contributed by atoms with Gasteiger partial charge in [-0.15, -0.1) is 0 Å². The molecule has 1 nitrogen and oxygen atoms in total. The van der Waals surface area contributed by atoms with Crippen molar-refractivity contribution in [1.82, 2.24) is 4.98 Å². The number of fused-ring (bicyclic) bond motifs is 10. The van der Waals surface area contributed by atoms with Gasteiger partial charge in [0.1, 0.15) is 0 Å². The van der Waals surface area contributed by atoms with Crippen LogP contribution in [0.1, 0.15) is 47.2 Å². The Hall–Kier alpha value is -5.27.